The van der Waals surface area contributed by atoms with Crippen molar-refractivity contribution in [2.75, 3.05) is 38.6 Å². The molecule has 1 aliphatic heterocycles. The number of aryl methyl sites for hydroxylation is 2. The molecule has 0 radical (unpaired) electrons. The van der Waals surface area contributed by atoms with Crippen molar-refractivity contribution in [1.82, 2.24) is 19.6 Å². The number of benzene rings is 1. The zero-order valence-electron chi connectivity index (χ0n) is 23.4. The van der Waals surface area contributed by atoms with E-state index < -0.39 is 0 Å². The van der Waals surface area contributed by atoms with E-state index in [-0.39, 0.29) is 36.5 Å². The third-order valence-corrected chi connectivity index (χ3v) is 7.96. The Balaban J connectivity index is 1.65. The van der Waals surface area contributed by atoms with Gasteiger partial charge in [-0.3, -0.25) is 14.3 Å². The lowest BCUT2D eigenvalue weighted by molar-refractivity contribution is 0.0332. The smallest absolute Gasteiger partial charge is 0.274 e. The number of ether oxygens (including phenoxy) is 1. The maximum Gasteiger partial charge on any atom is 0.274 e. The van der Waals surface area contributed by atoms with Crippen molar-refractivity contribution in [2.45, 2.75) is 65.0 Å². The van der Waals surface area contributed by atoms with Crippen molar-refractivity contribution >= 4 is 17.5 Å². The first kappa shape index (κ1) is 28.1. The van der Waals surface area contributed by atoms with Crippen LogP contribution in [0.5, 0.6) is 5.75 Å². The fraction of sp³-hybridized carbons (Fsp3) is 0.621. The highest BCUT2D eigenvalue weighted by Crippen LogP contribution is 2.35. The van der Waals surface area contributed by atoms with Gasteiger partial charge in [-0.15, -0.1) is 0 Å². The molecule has 2 heterocycles. The molecule has 0 unspecified atom stereocenters. The Morgan fingerprint density at radius 1 is 1.26 bits per heavy atom. The average molecular weight is 526 g/mol. The van der Waals surface area contributed by atoms with Crippen LogP contribution in [0.2, 0.25) is 0 Å². The number of hydrogen-bond donors (Lipinski definition) is 2. The van der Waals surface area contributed by atoms with Gasteiger partial charge in [-0.25, -0.2) is 0 Å². The van der Waals surface area contributed by atoms with Gasteiger partial charge in [-0.1, -0.05) is 32.3 Å². The number of carbonyl (C=O) groups excluding carboxylic acids is 2. The molecule has 2 amide bonds. The molecule has 1 aliphatic carbocycles. The van der Waals surface area contributed by atoms with Crippen LogP contribution >= 0.6 is 0 Å². The van der Waals surface area contributed by atoms with Gasteiger partial charge in [0.2, 0.25) is 0 Å². The Morgan fingerprint density at radius 3 is 2.66 bits per heavy atom. The number of aliphatic hydroxyl groups is 1. The summed E-state index contributed by atoms with van der Waals surface area (Å²) in [4.78, 5) is 30.9. The van der Waals surface area contributed by atoms with Crippen molar-refractivity contribution in [2.24, 2.45) is 18.9 Å². The molecular formula is C29H43N5O4. The summed E-state index contributed by atoms with van der Waals surface area (Å²) >= 11 is 0. The number of likely N-dealkylation sites (N-methyl/N-ethyl adjacent to an activating group) is 1. The number of aliphatic hydroxyl groups excluding tert-OH is 1. The van der Waals surface area contributed by atoms with Crippen molar-refractivity contribution < 1.29 is 19.4 Å². The van der Waals surface area contributed by atoms with E-state index in [2.05, 4.69) is 29.3 Å². The van der Waals surface area contributed by atoms with Crippen LogP contribution in [0.3, 0.4) is 0 Å². The van der Waals surface area contributed by atoms with Crippen molar-refractivity contribution in [1.29, 1.82) is 0 Å². The predicted octanol–water partition coefficient (Wildman–Crippen LogP) is 3.71. The topological polar surface area (TPSA) is 99.9 Å². The SMILES string of the molecule is Cc1cc(C(=O)Nc2cccc3c2O[C@H](CN(C)CC2CCCCC2)[C@H](C)CN([C@H](C)CO)C3=O)n(C)n1. The fourth-order valence-corrected chi connectivity index (χ4v) is 5.76. The number of hydrogen-bond acceptors (Lipinski definition) is 6. The Hall–Kier alpha value is -2.91. The third kappa shape index (κ3) is 6.38. The first-order chi connectivity index (χ1) is 18.2. The molecule has 9 heteroatoms. The number of fused-ring (bicyclic) bond motifs is 1. The van der Waals surface area contributed by atoms with Crippen LogP contribution in [0.15, 0.2) is 24.3 Å². The number of nitrogens with one attached hydrogen (secondary N) is 1. The quantitative estimate of drug-likeness (QED) is 0.545. The van der Waals surface area contributed by atoms with E-state index in [0.29, 0.717) is 41.7 Å². The normalized spacial score (nSPS) is 21.4. The first-order valence-electron chi connectivity index (χ1n) is 13.9. The fourth-order valence-electron chi connectivity index (χ4n) is 5.76. The molecule has 2 N–H and O–H groups in total. The lowest BCUT2D eigenvalue weighted by Crippen LogP contribution is -2.50. The Labute approximate surface area is 226 Å². The van der Waals surface area contributed by atoms with E-state index in [9.17, 15) is 14.7 Å². The summed E-state index contributed by atoms with van der Waals surface area (Å²) in [5, 5.41) is 17.2. The molecule has 208 valence electrons. The van der Waals surface area contributed by atoms with Crippen LogP contribution < -0.4 is 10.1 Å². The largest absolute Gasteiger partial charge is 0.486 e. The maximum absolute atomic E-state index is 13.7. The number of carbonyl (C=O) groups is 2. The minimum absolute atomic E-state index is 0.0124. The Kier molecular flexibility index (Phi) is 9.10. The molecular weight excluding hydrogens is 482 g/mol. The molecule has 9 nitrogen and oxygen atoms in total. The second-order valence-corrected chi connectivity index (χ2v) is 11.3. The summed E-state index contributed by atoms with van der Waals surface area (Å²) in [6.07, 6.45) is 6.28. The molecule has 1 fully saturated rings. The summed E-state index contributed by atoms with van der Waals surface area (Å²) < 4.78 is 8.20. The zero-order chi connectivity index (χ0) is 27.4. The van der Waals surface area contributed by atoms with Gasteiger partial charge in [-0.2, -0.15) is 5.10 Å². The highest BCUT2D eigenvalue weighted by molar-refractivity contribution is 6.06. The highest BCUT2D eigenvalue weighted by atomic mass is 16.5. The average Bonchev–Trinajstić information content (AvgIpc) is 3.24. The van der Waals surface area contributed by atoms with Crippen LogP contribution in [0, 0.1) is 18.8 Å². The second-order valence-electron chi connectivity index (χ2n) is 11.3. The van der Waals surface area contributed by atoms with Gasteiger partial charge in [0, 0.05) is 32.6 Å². The number of para-hydroxylation sites is 1. The van der Waals surface area contributed by atoms with Gasteiger partial charge >= 0.3 is 0 Å². The van der Waals surface area contributed by atoms with Crippen LogP contribution in [-0.2, 0) is 7.05 Å². The first-order valence-corrected chi connectivity index (χ1v) is 13.9. The van der Waals surface area contributed by atoms with E-state index in [1.165, 1.54) is 32.1 Å². The summed E-state index contributed by atoms with van der Waals surface area (Å²) in [5.41, 5.74) is 2.00. The Bertz CT molecular complexity index is 1130. The molecule has 1 saturated carbocycles. The van der Waals surface area contributed by atoms with Gasteiger partial charge in [0.15, 0.2) is 5.75 Å². The number of nitrogens with zero attached hydrogens (tertiary/aromatic N) is 4. The predicted molar refractivity (Wildman–Crippen MR) is 148 cm³/mol. The highest BCUT2D eigenvalue weighted by Gasteiger charge is 2.35. The molecule has 2 aromatic rings. The monoisotopic (exact) mass is 525 g/mol. The van der Waals surface area contributed by atoms with Gasteiger partial charge < -0.3 is 25.0 Å². The summed E-state index contributed by atoms with van der Waals surface area (Å²) in [6, 6.07) is 6.64. The van der Waals surface area contributed by atoms with E-state index in [1.54, 1.807) is 40.9 Å². The van der Waals surface area contributed by atoms with Crippen molar-refractivity contribution in [3.63, 3.8) is 0 Å². The summed E-state index contributed by atoms with van der Waals surface area (Å²) in [5.74, 6) is 0.560. The molecule has 1 aromatic heterocycles. The molecule has 38 heavy (non-hydrogen) atoms. The molecule has 1 aromatic carbocycles. The van der Waals surface area contributed by atoms with Gasteiger partial charge in [-0.05, 0) is 57.9 Å². The van der Waals surface area contributed by atoms with E-state index in [1.807, 2.05) is 13.8 Å². The molecule has 0 spiro atoms. The minimum Gasteiger partial charge on any atom is -0.486 e. The van der Waals surface area contributed by atoms with Crippen LogP contribution in [0.4, 0.5) is 5.69 Å². The molecule has 0 saturated heterocycles. The standard InChI is InChI=1S/C29H43N5O4/c1-19-15-34(21(3)18-35)29(37)23-12-9-13-24(30-28(36)25-14-20(2)31-33(25)5)27(23)38-26(19)17-32(4)16-22-10-7-6-8-11-22/h9,12-14,19,21-22,26,35H,6-8,10-11,15-18H2,1-5H3,(H,30,36)/t19-,21-,26-/m1/s1. The van der Waals surface area contributed by atoms with E-state index in [0.717, 1.165) is 12.2 Å². The number of anilines is 1. The number of aromatic nitrogens is 2. The van der Waals surface area contributed by atoms with E-state index in [4.69, 9.17) is 4.74 Å². The minimum atomic E-state index is -0.341. The molecule has 4 rings (SSSR count). The van der Waals surface area contributed by atoms with Crippen LogP contribution in [-0.4, -0.2) is 81.9 Å². The van der Waals surface area contributed by atoms with Gasteiger partial charge in [0.1, 0.15) is 11.8 Å². The lowest BCUT2D eigenvalue weighted by atomic mass is 9.89. The molecule has 0 bridgehead atoms. The Morgan fingerprint density at radius 2 is 2.00 bits per heavy atom. The van der Waals surface area contributed by atoms with Crippen molar-refractivity contribution in [3.05, 3.63) is 41.2 Å². The van der Waals surface area contributed by atoms with Gasteiger partial charge in [0.25, 0.3) is 11.8 Å². The number of rotatable bonds is 8. The maximum atomic E-state index is 13.7. The molecule has 2 aliphatic rings. The third-order valence-electron chi connectivity index (χ3n) is 7.96. The van der Waals surface area contributed by atoms with E-state index >= 15 is 0 Å². The van der Waals surface area contributed by atoms with Gasteiger partial charge in [0.05, 0.1) is 29.6 Å². The number of amides is 2. The molecule has 3 atom stereocenters. The summed E-state index contributed by atoms with van der Waals surface area (Å²) in [6.45, 7) is 7.86. The lowest BCUT2D eigenvalue weighted by Gasteiger charge is -2.39. The van der Waals surface area contributed by atoms with Crippen LogP contribution in [0.1, 0.15) is 72.5 Å². The van der Waals surface area contributed by atoms with Crippen molar-refractivity contribution in [3.8, 4) is 5.75 Å². The zero-order valence-corrected chi connectivity index (χ0v) is 23.4. The van der Waals surface area contributed by atoms with Crippen LogP contribution in [0.25, 0.3) is 0 Å². The second kappa shape index (κ2) is 12.3. The summed E-state index contributed by atoms with van der Waals surface area (Å²) in [7, 11) is 3.87.